The van der Waals surface area contributed by atoms with Gasteiger partial charge in [-0.2, -0.15) is 0 Å². The summed E-state index contributed by atoms with van der Waals surface area (Å²) in [5, 5.41) is 0. The van der Waals surface area contributed by atoms with Crippen LogP contribution in [0.3, 0.4) is 0 Å². The molecule has 0 fully saturated rings. The molecule has 2 heterocycles. The number of hydrogen-bond donors (Lipinski definition) is 0. The standard InChI is InChI=1S/C29H30N4O/c1-21-11-10-16-27(22(21)2)32-19-31(18-25-14-8-5-9-15-25)20-33-28(34)26(23(3)30-29(32)33)17-24-12-6-4-7-13-24/h4-16H,17-20H2,1-3H3. The van der Waals surface area contributed by atoms with E-state index in [-0.39, 0.29) is 5.56 Å². The molecule has 1 aliphatic heterocycles. The van der Waals surface area contributed by atoms with Gasteiger partial charge < -0.3 is 0 Å². The highest BCUT2D eigenvalue weighted by molar-refractivity contribution is 5.64. The predicted octanol–water partition coefficient (Wildman–Crippen LogP) is 5.33. The molecule has 1 aliphatic rings. The molecule has 0 unspecified atom stereocenters. The Morgan fingerprint density at radius 1 is 0.794 bits per heavy atom. The van der Waals surface area contributed by atoms with Crippen LogP contribution in [0, 0.1) is 20.8 Å². The van der Waals surface area contributed by atoms with E-state index in [1.165, 1.54) is 16.7 Å². The number of rotatable bonds is 5. The summed E-state index contributed by atoms with van der Waals surface area (Å²) in [7, 11) is 0. The first-order chi connectivity index (χ1) is 16.5. The van der Waals surface area contributed by atoms with Gasteiger partial charge in [0, 0.05) is 24.2 Å². The van der Waals surface area contributed by atoms with Gasteiger partial charge in [0.15, 0.2) is 0 Å². The highest BCUT2D eigenvalue weighted by Crippen LogP contribution is 2.32. The fraction of sp³-hybridized carbons (Fsp3) is 0.241. The third-order valence-corrected chi connectivity index (χ3v) is 6.71. The van der Waals surface area contributed by atoms with Crippen molar-refractivity contribution in [2.24, 2.45) is 0 Å². The monoisotopic (exact) mass is 450 g/mol. The van der Waals surface area contributed by atoms with Crippen molar-refractivity contribution >= 4 is 11.6 Å². The molecule has 0 aliphatic carbocycles. The van der Waals surface area contributed by atoms with Crippen LogP contribution >= 0.6 is 0 Å². The Kier molecular flexibility index (Phi) is 6.03. The van der Waals surface area contributed by atoms with Gasteiger partial charge in [-0.05, 0) is 49.1 Å². The van der Waals surface area contributed by atoms with Crippen LogP contribution in [0.1, 0.15) is 33.5 Å². The topological polar surface area (TPSA) is 41.4 Å². The summed E-state index contributed by atoms with van der Waals surface area (Å²) >= 11 is 0. The van der Waals surface area contributed by atoms with E-state index in [4.69, 9.17) is 4.98 Å². The van der Waals surface area contributed by atoms with E-state index in [1.54, 1.807) is 0 Å². The Balaban J connectivity index is 1.61. The van der Waals surface area contributed by atoms with Gasteiger partial charge in [-0.1, -0.05) is 72.8 Å². The molecule has 5 rings (SSSR count). The third-order valence-electron chi connectivity index (χ3n) is 6.71. The maximum absolute atomic E-state index is 13.8. The summed E-state index contributed by atoms with van der Waals surface area (Å²) in [6.07, 6.45) is 0.584. The molecule has 34 heavy (non-hydrogen) atoms. The molecule has 0 spiro atoms. The number of aromatic nitrogens is 2. The van der Waals surface area contributed by atoms with E-state index >= 15 is 0 Å². The van der Waals surface area contributed by atoms with E-state index in [9.17, 15) is 4.79 Å². The Morgan fingerprint density at radius 2 is 1.47 bits per heavy atom. The van der Waals surface area contributed by atoms with E-state index in [1.807, 2.05) is 35.8 Å². The molecule has 0 radical (unpaired) electrons. The van der Waals surface area contributed by atoms with Gasteiger partial charge in [0.1, 0.15) is 0 Å². The minimum Gasteiger partial charge on any atom is -0.298 e. The van der Waals surface area contributed by atoms with Crippen LogP contribution in [0.25, 0.3) is 0 Å². The third kappa shape index (κ3) is 4.27. The van der Waals surface area contributed by atoms with E-state index < -0.39 is 0 Å². The first kappa shape index (κ1) is 22.1. The van der Waals surface area contributed by atoms with Crippen molar-refractivity contribution in [3.8, 4) is 0 Å². The molecule has 0 bridgehead atoms. The second-order valence-electron chi connectivity index (χ2n) is 9.12. The molecule has 5 heteroatoms. The van der Waals surface area contributed by atoms with Crippen molar-refractivity contribution in [3.05, 3.63) is 123 Å². The highest BCUT2D eigenvalue weighted by Gasteiger charge is 2.29. The molecule has 0 saturated carbocycles. The Morgan fingerprint density at radius 3 is 2.18 bits per heavy atom. The van der Waals surface area contributed by atoms with Crippen molar-refractivity contribution < 1.29 is 0 Å². The van der Waals surface area contributed by atoms with Crippen LogP contribution in [-0.4, -0.2) is 21.1 Å². The Bertz CT molecular complexity index is 1360. The van der Waals surface area contributed by atoms with Crippen LogP contribution < -0.4 is 10.5 Å². The zero-order valence-electron chi connectivity index (χ0n) is 20.0. The van der Waals surface area contributed by atoms with Crippen LogP contribution in [0.15, 0.2) is 83.7 Å². The van der Waals surface area contributed by atoms with Gasteiger partial charge in [0.05, 0.1) is 19.0 Å². The average molecular weight is 451 g/mol. The van der Waals surface area contributed by atoms with Crippen molar-refractivity contribution in [2.45, 2.75) is 40.4 Å². The minimum absolute atomic E-state index is 0.0411. The van der Waals surface area contributed by atoms with Crippen molar-refractivity contribution in [3.63, 3.8) is 0 Å². The Hall–Kier alpha value is -3.70. The lowest BCUT2D eigenvalue weighted by molar-refractivity contribution is 0.189. The van der Waals surface area contributed by atoms with E-state index in [0.29, 0.717) is 19.8 Å². The van der Waals surface area contributed by atoms with E-state index in [0.717, 1.165) is 35.0 Å². The normalized spacial score (nSPS) is 13.7. The van der Waals surface area contributed by atoms with Crippen LogP contribution in [0.4, 0.5) is 11.6 Å². The molecule has 0 amide bonds. The summed E-state index contributed by atoms with van der Waals surface area (Å²) in [5.74, 6) is 0.720. The summed E-state index contributed by atoms with van der Waals surface area (Å²) < 4.78 is 1.85. The molecule has 5 nitrogen and oxygen atoms in total. The van der Waals surface area contributed by atoms with Crippen molar-refractivity contribution in [1.82, 2.24) is 14.5 Å². The van der Waals surface area contributed by atoms with Gasteiger partial charge in [-0.25, -0.2) is 4.98 Å². The molecule has 4 aromatic rings. The van der Waals surface area contributed by atoms with Gasteiger partial charge in [0.25, 0.3) is 5.56 Å². The maximum atomic E-state index is 13.8. The second kappa shape index (κ2) is 9.27. The van der Waals surface area contributed by atoms with Gasteiger partial charge in [0.2, 0.25) is 5.95 Å². The largest absolute Gasteiger partial charge is 0.298 e. The number of nitrogens with zero attached hydrogens (tertiary/aromatic N) is 4. The lowest BCUT2D eigenvalue weighted by Gasteiger charge is -2.39. The summed E-state index contributed by atoms with van der Waals surface area (Å²) in [4.78, 5) is 23.3. The fourth-order valence-corrected chi connectivity index (χ4v) is 4.68. The first-order valence-corrected chi connectivity index (χ1v) is 11.8. The SMILES string of the molecule is Cc1cccc(N2CN(Cc3ccccc3)Cn3c2nc(C)c(Cc2ccccc2)c3=O)c1C. The molecular formula is C29H30N4O. The predicted molar refractivity (Wildman–Crippen MR) is 137 cm³/mol. The van der Waals surface area contributed by atoms with Gasteiger partial charge in [-0.3, -0.25) is 19.2 Å². The summed E-state index contributed by atoms with van der Waals surface area (Å²) in [5.41, 5.74) is 7.47. The molecule has 0 saturated heterocycles. The lowest BCUT2D eigenvalue weighted by Crippen LogP contribution is -2.47. The smallest absolute Gasteiger partial charge is 0.259 e. The number of anilines is 2. The van der Waals surface area contributed by atoms with E-state index in [2.05, 4.69) is 78.2 Å². The van der Waals surface area contributed by atoms with Crippen molar-refractivity contribution in [2.75, 3.05) is 11.6 Å². The van der Waals surface area contributed by atoms with Crippen molar-refractivity contribution in [1.29, 1.82) is 0 Å². The van der Waals surface area contributed by atoms with Crippen LogP contribution in [0.2, 0.25) is 0 Å². The number of aryl methyl sites for hydroxylation is 2. The highest BCUT2D eigenvalue weighted by atomic mass is 16.1. The zero-order chi connectivity index (χ0) is 23.7. The minimum atomic E-state index is 0.0411. The molecule has 0 N–H and O–H groups in total. The molecule has 172 valence electrons. The molecule has 1 aromatic heterocycles. The summed E-state index contributed by atoms with van der Waals surface area (Å²) in [6, 6.07) is 26.9. The van der Waals surface area contributed by atoms with Gasteiger partial charge >= 0.3 is 0 Å². The second-order valence-corrected chi connectivity index (χ2v) is 9.12. The van der Waals surface area contributed by atoms with Crippen LogP contribution in [-0.2, 0) is 19.6 Å². The Labute approximate surface area is 200 Å². The molecule has 3 aromatic carbocycles. The lowest BCUT2D eigenvalue weighted by atomic mass is 10.0. The summed E-state index contributed by atoms with van der Waals surface area (Å²) in [6.45, 7) is 8.16. The molecular weight excluding hydrogens is 420 g/mol. The maximum Gasteiger partial charge on any atom is 0.259 e. The average Bonchev–Trinajstić information content (AvgIpc) is 2.85. The number of fused-ring (bicyclic) bond motifs is 1. The number of hydrogen-bond acceptors (Lipinski definition) is 4. The molecule has 0 atom stereocenters. The fourth-order valence-electron chi connectivity index (χ4n) is 4.68. The van der Waals surface area contributed by atoms with Crippen LogP contribution in [0.5, 0.6) is 0 Å². The first-order valence-electron chi connectivity index (χ1n) is 11.8. The quantitative estimate of drug-likeness (QED) is 0.412. The van der Waals surface area contributed by atoms with Gasteiger partial charge in [-0.15, -0.1) is 0 Å². The zero-order valence-corrected chi connectivity index (χ0v) is 20.0. The number of benzene rings is 3.